The van der Waals surface area contributed by atoms with E-state index in [1.165, 1.54) is 59.8 Å². The molecule has 0 amide bonds. The topological polar surface area (TPSA) is 48.3 Å². The molecule has 5 nitrogen and oxygen atoms in total. The van der Waals surface area contributed by atoms with Gasteiger partial charge >= 0.3 is 0 Å². The van der Waals surface area contributed by atoms with Crippen LogP contribution in [0.1, 0.15) is 43.4 Å². The van der Waals surface area contributed by atoms with Crippen LogP contribution in [0.4, 0.5) is 0 Å². The van der Waals surface area contributed by atoms with Gasteiger partial charge in [0.1, 0.15) is 11.5 Å². The van der Waals surface area contributed by atoms with E-state index in [-0.39, 0.29) is 0 Å². The number of aryl methyl sites for hydroxylation is 2. The highest BCUT2D eigenvalue weighted by atomic mass is 16.5. The average Bonchev–Trinajstić information content (AvgIpc) is 3.18. The number of ether oxygens (including phenoxy) is 2. The lowest BCUT2D eigenvalue weighted by molar-refractivity contribution is 0.415. The summed E-state index contributed by atoms with van der Waals surface area (Å²) < 4.78 is 13.4. The van der Waals surface area contributed by atoms with E-state index in [0.717, 1.165) is 36.8 Å². The second kappa shape index (κ2) is 12.4. The summed E-state index contributed by atoms with van der Waals surface area (Å²) >= 11 is 0. The Morgan fingerprint density at radius 1 is 0.829 bits per heavy atom. The second-order valence-corrected chi connectivity index (χ2v) is 9.00. The number of rotatable bonds is 13. The molecular formula is C30H37N3O2. The molecule has 35 heavy (non-hydrogen) atoms. The maximum Gasteiger partial charge on any atom is 0.119 e. The second-order valence-electron chi connectivity index (χ2n) is 9.00. The van der Waals surface area contributed by atoms with Gasteiger partial charge in [-0.2, -0.15) is 0 Å². The molecule has 1 N–H and O–H groups in total. The zero-order chi connectivity index (χ0) is 24.5. The summed E-state index contributed by atoms with van der Waals surface area (Å²) in [6, 6.07) is 20.9. The van der Waals surface area contributed by atoms with Crippen molar-refractivity contribution >= 4 is 10.9 Å². The molecule has 4 aromatic rings. The average molecular weight is 472 g/mol. The minimum Gasteiger partial charge on any atom is -0.497 e. The van der Waals surface area contributed by atoms with Crippen LogP contribution in [0.25, 0.3) is 22.2 Å². The Labute approximate surface area is 209 Å². The number of hydrogen-bond acceptors (Lipinski definition) is 4. The van der Waals surface area contributed by atoms with Crippen LogP contribution < -0.4 is 14.8 Å². The van der Waals surface area contributed by atoms with Gasteiger partial charge < -0.3 is 19.4 Å². The lowest BCUT2D eigenvalue weighted by Crippen LogP contribution is -2.15. The van der Waals surface area contributed by atoms with Crippen LogP contribution in [0, 0.1) is 6.92 Å². The zero-order valence-corrected chi connectivity index (χ0v) is 21.2. The van der Waals surface area contributed by atoms with Crippen molar-refractivity contribution < 1.29 is 9.47 Å². The van der Waals surface area contributed by atoms with E-state index >= 15 is 0 Å². The number of fused-ring (bicyclic) bond motifs is 1. The quantitative estimate of drug-likeness (QED) is 0.219. The Hall–Kier alpha value is -3.31. The summed E-state index contributed by atoms with van der Waals surface area (Å²) in [7, 11) is 3.44. The van der Waals surface area contributed by atoms with Crippen molar-refractivity contribution in [2.24, 2.45) is 0 Å². The number of methoxy groups -OCH3 is 2. The van der Waals surface area contributed by atoms with E-state index in [1.807, 2.05) is 30.5 Å². The highest BCUT2D eigenvalue weighted by Crippen LogP contribution is 2.36. The number of nitrogens with one attached hydrogen (secondary N) is 1. The summed E-state index contributed by atoms with van der Waals surface area (Å²) in [5, 5.41) is 4.76. The molecule has 4 rings (SSSR count). The first-order chi connectivity index (χ1) is 17.2. The predicted octanol–water partition coefficient (Wildman–Crippen LogP) is 6.77. The first-order valence-corrected chi connectivity index (χ1v) is 12.6. The van der Waals surface area contributed by atoms with E-state index in [2.05, 4.69) is 58.2 Å². The Morgan fingerprint density at radius 2 is 1.57 bits per heavy atom. The predicted molar refractivity (Wildman–Crippen MR) is 144 cm³/mol. The largest absolute Gasteiger partial charge is 0.497 e. The molecule has 0 unspecified atom stereocenters. The molecule has 0 aliphatic heterocycles. The van der Waals surface area contributed by atoms with E-state index < -0.39 is 0 Å². The van der Waals surface area contributed by atoms with Gasteiger partial charge in [0, 0.05) is 30.2 Å². The standard InChI is InChI=1S/C30H37N3O2/c1-23-28-21-27(35-3)16-17-29(28)33(30(23)24-12-14-26(34-2)15-13-24)20-10-6-4-5-8-18-31-22-25-11-7-9-19-32-25/h7,9,11-17,19,21,31H,4-6,8,10,18,20,22H2,1-3H3. The first kappa shape index (κ1) is 24.8. The summed E-state index contributed by atoms with van der Waals surface area (Å²) in [6.07, 6.45) is 7.97. The van der Waals surface area contributed by atoms with Gasteiger partial charge in [-0.15, -0.1) is 0 Å². The SMILES string of the molecule is COc1ccc(-c2c(C)c3cc(OC)ccc3n2CCCCCCCNCc2ccccn2)cc1. The van der Waals surface area contributed by atoms with Crippen molar-refractivity contribution in [3.05, 3.63) is 78.1 Å². The van der Waals surface area contributed by atoms with Gasteiger partial charge in [-0.1, -0.05) is 25.3 Å². The molecule has 2 aromatic heterocycles. The fourth-order valence-corrected chi connectivity index (χ4v) is 4.75. The lowest BCUT2D eigenvalue weighted by atomic mass is 10.1. The van der Waals surface area contributed by atoms with E-state index in [4.69, 9.17) is 9.47 Å². The van der Waals surface area contributed by atoms with E-state index in [1.54, 1.807) is 14.2 Å². The van der Waals surface area contributed by atoms with Crippen LogP contribution in [0.5, 0.6) is 11.5 Å². The van der Waals surface area contributed by atoms with Crippen molar-refractivity contribution in [1.82, 2.24) is 14.9 Å². The molecule has 0 saturated heterocycles. The number of benzene rings is 2. The van der Waals surface area contributed by atoms with Crippen LogP contribution in [-0.4, -0.2) is 30.3 Å². The number of pyridine rings is 1. The van der Waals surface area contributed by atoms with Gasteiger partial charge in [-0.3, -0.25) is 4.98 Å². The Balaban J connectivity index is 1.35. The third kappa shape index (κ3) is 6.23. The van der Waals surface area contributed by atoms with Gasteiger partial charge in [-0.25, -0.2) is 0 Å². The maximum absolute atomic E-state index is 5.51. The van der Waals surface area contributed by atoms with Crippen molar-refractivity contribution in [3.8, 4) is 22.8 Å². The van der Waals surface area contributed by atoms with Gasteiger partial charge in [0.25, 0.3) is 0 Å². The molecule has 0 aliphatic carbocycles. The Bertz CT molecular complexity index is 1200. The third-order valence-electron chi connectivity index (χ3n) is 6.65. The molecule has 0 atom stereocenters. The summed E-state index contributed by atoms with van der Waals surface area (Å²) in [4.78, 5) is 4.36. The summed E-state index contributed by atoms with van der Waals surface area (Å²) in [5.41, 5.74) is 6.18. The normalized spacial score (nSPS) is 11.2. The van der Waals surface area contributed by atoms with Crippen molar-refractivity contribution in [2.75, 3.05) is 20.8 Å². The van der Waals surface area contributed by atoms with Gasteiger partial charge in [0.05, 0.1) is 25.6 Å². The molecular weight excluding hydrogens is 434 g/mol. The number of aromatic nitrogens is 2. The van der Waals surface area contributed by atoms with Gasteiger partial charge in [-0.05, 0) is 92.0 Å². The Kier molecular flexibility index (Phi) is 8.79. The molecule has 2 heterocycles. The molecule has 0 spiro atoms. The summed E-state index contributed by atoms with van der Waals surface area (Å²) in [5.74, 6) is 1.78. The third-order valence-corrected chi connectivity index (χ3v) is 6.65. The maximum atomic E-state index is 5.51. The minimum absolute atomic E-state index is 0.847. The zero-order valence-electron chi connectivity index (χ0n) is 21.2. The molecule has 0 fully saturated rings. The van der Waals surface area contributed by atoms with Crippen LogP contribution in [-0.2, 0) is 13.1 Å². The number of nitrogens with zero attached hydrogens (tertiary/aromatic N) is 2. The molecule has 0 radical (unpaired) electrons. The molecule has 184 valence electrons. The van der Waals surface area contributed by atoms with E-state index in [0.29, 0.717) is 0 Å². The smallest absolute Gasteiger partial charge is 0.119 e. The van der Waals surface area contributed by atoms with Gasteiger partial charge in [0.2, 0.25) is 0 Å². The fourth-order valence-electron chi connectivity index (χ4n) is 4.75. The minimum atomic E-state index is 0.847. The molecule has 0 saturated carbocycles. The molecule has 5 heteroatoms. The van der Waals surface area contributed by atoms with Gasteiger partial charge in [0.15, 0.2) is 0 Å². The molecule has 0 bridgehead atoms. The number of hydrogen-bond donors (Lipinski definition) is 1. The first-order valence-electron chi connectivity index (χ1n) is 12.6. The Morgan fingerprint density at radius 3 is 2.31 bits per heavy atom. The van der Waals surface area contributed by atoms with Crippen LogP contribution in [0.15, 0.2) is 66.9 Å². The lowest BCUT2D eigenvalue weighted by Gasteiger charge is -2.13. The van der Waals surface area contributed by atoms with Crippen molar-refractivity contribution in [2.45, 2.75) is 52.1 Å². The summed E-state index contributed by atoms with van der Waals surface area (Å²) in [6.45, 7) is 5.12. The highest BCUT2D eigenvalue weighted by molar-refractivity contribution is 5.92. The monoisotopic (exact) mass is 471 g/mol. The van der Waals surface area contributed by atoms with Crippen LogP contribution >= 0.6 is 0 Å². The highest BCUT2D eigenvalue weighted by Gasteiger charge is 2.16. The molecule has 0 aliphatic rings. The van der Waals surface area contributed by atoms with Crippen LogP contribution in [0.2, 0.25) is 0 Å². The number of unbranched alkanes of at least 4 members (excludes halogenated alkanes) is 4. The van der Waals surface area contributed by atoms with Crippen LogP contribution in [0.3, 0.4) is 0 Å². The van der Waals surface area contributed by atoms with Crippen molar-refractivity contribution in [1.29, 1.82) is 0 Å². The van der Waals surface area contributed by atoms with E-state index in [9.17, 15) is 0 Å². The van der Waals surface area contributed by atoms with Crippen molar-refractivity contribution in [3.63, 3.8) is 0 Å². The fraction of sp³-hybridized carbons (Fsp3) is 0.367. The molecule has 2 aromatic carbocycles.